The molecule has 4 aliphatic carbocycles. The summed E-state index contributed by atoms with van der Waals surface area (Å²) in [6.45, 7) is 1.70. The Morgan fingerprint density at radius 3 is 2.45 bits per heavy atom. The fourth-order valence-corrected chi connectivity index (χ4v) is 5.14. The number of ether oxygens (including phenoxy) is 1. The van der Waals surface area contributed by atoms with Crippen molar-refractivity contribution in [3.63, 3.8) is 0 Å². The quantitative estimate of drug-likeness (QED) is 0.833. The number of hydrogen-bond donors (Lipinski definition) is 1. The van der Waals surface area contributed by atoms with Crippen LogP contribution in [0.3, 0.4) is 0 Å². The molecule has 4 fully saturated rings. The molecule has 1 N–H and O–H groups in total. The normalized spacial score (nSPS) is 38.1. The van der Waals surface area contributed by atoms with Gasteiger partial charge in [0.15, 0.2) is 0 Å². The summed E-state index contributed by atoms with van der Waals surface area (Å²) in [5, 5.41) is 3.39. The van der Waals surface area contributed by atoms with E-state index >= 15 is 0 Å². The lowest BCUT2D eigenvalue weighted by Gasteiger charge is -2.56. The molecule has 0 radical (unpaired) electrons. The molecule has 4 bridgehead atoms. The maximum absolute atomic E-state index is 6.38. The second-order valence-corrected chi connectivity index (χ2v) is 7.12. The fraction of sp³-hybridized carbons (Fsp3) is 0.706. The third kappa shape index (κ3) is 2.44. The first-order chi connectivity index (χ1) is 9.81. The lowest BCUT2D eigenvalue weighted by molar-refractivity contribution is -0.159. The van der Waals surface area contributed by atoms with Gasteiger partial charge in [0.05, 0.1) is 17.9 Å². The molecule has 0 aromatic carbocycles. The SMILES string of the molecule is c1cncc(NCCOC23CC4CC(CC(C4)C2)C3)c1. The largest absolute Gasteiger partial charge is 0.381 e. The van der Waals surface area contributed by atoms with Crippen molar-refractivity contribution in [2.75, 3.05) is 18.5 Å². The molecule has 1 aromatic rings. The molecule has 0 aliphatic heterocycles. The Kier molecular flexibility index (Phi) is 3.18. The first kappa shape index (κ1) is 12.6. The van der Waals surface area contributed by atoms with Crippen molar-refractivity contribution in [1.29, 1.82) is 0 Å². The maximum Gasteiger partial charge on any atom is 0.0691 e. The molecule has 4 aliphatic rings. The van der Waals surface area contributed by atoms with Crippen molar-refractivity contribution < 1.29 is 4.74 Å². The smallest absolute Gasteiger partial charge is 0.0691 e. The molecule has 5 rings (SSSR count). The van der Waals surface area contributed by atoms with Crippen LogP contribution in [0, 0.1) is 17.8 Å². The molecule has 1 heterocycles. The van der Waals surface area contributed by atoms with E-state index in [4.69, 9.17) is 4.74 Å². The number of hydrogen-bond acceptors (Lipinski definition) is 3. The molecule has 0 atom stereocenters. The van der Waals surface area contributed by atoms with Crippen LogP contribution in [0.25, 0.3) is 0 Å². The second kappa shape index (κ2) is 5.03. The Bertz CT molecular complexity index is 424. The van der Waals surface area contributed by atoms with E-state index in [9.17, 15) is 0 Å². The highest BCUT2D eigenvalue weighted by Crippen LogP contribution is 2.57. The Morgan fingerprint density at radius 1 is 1.15 bits per heavy atom. The molecule has 0 saturated heterocycles. The molecule has 20 heavy (non-hydrogen) atoms. The van der Waals surface area contributed by atoms with Crippen LogP contribution >= 0.6 is 0 Å². The first-order valence-electron chi connectivity index (χ1n) is 8.09. The zero-order chi connectivity index (χ0) is 13.4. The molecule has 108 valence electrons. The van der Waals surface area contributed by atoms with Gasteiger partial charge in [-0.2, -0.15) is 0 Å². The molecule has 1 aromatic heterocycles. The third-order valence-corrected chi connectivity index (χ3v) is 5.48. The molecule has 0 amide bonds. The van der Waals surface area contributed by atoms with Crippen molar-refractivity contribution >= 4 is 5.69 Å². The fourth-order valence-electron chi connectivity index (χ4n) is 5.14. The van der Waals surface area contributed by atoms with Crippen LogP contribution in [0.4, 0.5) is 5.69 Å². The predicted octanol–water partition coefficient (Wildman–Crippen LogP) is 3.48. The van der Waals surface area contributed by atoms with Gasteiger partial charge in [-0.25, -0.2) is 0 Å². The average Bonchev–Trinajstić information content (AvgIpc) is 2.43. The topological polar surface area (TPSA) is 34.2 Å². The summed E-state index contributed by atoms with van der Waals surface area (Å²) in [5.74, 6) is 2.90. The Morgan fingerprint density at radius 2 is 1.85 bits per heavy atom. The number of aromatic nitrogens is 1. The summed E-state index contributed by atoms with van der Waals surface area (Å²) >= 11 is 0. The number of anilines is 1. The van der Waals surface area contributed by atoms with Crippen LogP contribution in [0.2, 0.25) is 0 Å². The van der Waals surface area contributed by atoms with Crippen molar-refractivity contribution in [2.45, 2.75) is 44.1 Å². The van der Waals surface area contributed by atoms with Crippen LogP contribution in [0.15, 0.2) is 24.5 Å². The number of pyridine rings is 1. The van der Waals surface area contributed by atoms with Gasteiger partial charge in [-0.05, 0) is 68.4 Å². The third-order valence-electron chi connectivity index (χ3n) is 5.48. The summed E-state index contributed by atoms with van der Waals surface area (Å²) in [6.07, 6.45) is 12.1. The van der Waals surface area contributed by atoms with E-state index in [1.54, 1.807) is 6.20 Å². The van der Waals surface area contributed by atoms with E-state index in [0.717, 1.165) is 36.6 Å². The van der Waals surface area contributed by atoms with Crippen molar-refractivity contribution in [3.05, 3.63) is 24.5 Å². The van der Waals surface area contributed by atoms with Crippen molar-refractivity contribution in [2.24, 2.45) is 17.8 Å². The van der Waals surface area contributed by atoms with Gasteiger partial charge in [-0.15, -0.1) is 0 Å². The number of rotatable bonds is 5. The van der Waals surface area contributed by atoms with E-state index < -0.39 is 0 Å². The van der Waals surface area contributed by atoms with E-state index in [-0.39, 0.29) is 5.60 Å². The van der Waals surface area contributed by atoms with Gasteiger partial charge in [-0.1, -0.05) is 0 Å². The minimum absolute atomic E-state index is 0.241. The highest BCUT2D eigenvalue weighted by atomic mass is 16.5. The van der Waals surface area contributed by atoms with E-state index in [1.165, 1.54) is 38.5 Å². The van der Waals surface area contributed by atoms with Gasteiger partial charge < -0.3 is 10.1 Å². The maximum atomic E-state index is 6.38. The highest BCUT2D eigenvalue weighted by Gasteiger charge is 2.51. The minimum atomic E-state index is 0.241. The first-order valence-corrected chi connectivity index (χ1v) is 8.09. The standard InChI is InChI=1S/C17H24N2O/c1-2-16(12-18-3-1)19-4-5-20-17-9-13-6-14(10-17)8-15(7-13)11-17/h1-3,12-15,19H,4-11H2. The lowest BCUT2D eigenvalue weighted by atomic mass is 9.54. The van der Waals surface area contributed by atoms with Gasteiger partial charge in [0.2, 0.25) is 0 Å². The molecule has 3 nitrogen and oxygen atoms in total. The van der Waals surface area contributed by atoms with Crippen LogP contribution in [0.1, 0.15) is 38.5 Å². The van der Waals surface area contributed by atoms with E-state index in [2.05, 4.69) is 16.4 Å². The molecule has 4 saturated carbocycles. The van der Waals surface area contributed by atoms with Crippen molar-refractivity contribution in [3.8, 4) is 0 Å². The van der Waals surface area contributed by atoms with Crippen LogP contribution in [0.5, 0.6) is 0 Å². The lowest BCUT2D eigenvalue weighted by Crippen LogP contribution is -2.52. The van der Waals surface area contributed by atoms with Gasteiger partial charge in [0.1, 0.15) is 0 Å². The summed E-state index contributed by atoms with van der Waals surface area (Å²) < 4.78 is 6.38. The van der Waals surface area contributed by atoms with Gasteiger partial charge in [-0.3, -0.25) is 4.98 Å². The van der Waals surface area contributed by atoms with Crippen LogP contribution in [-0.2, 0) is 4.74 Å². The Balaban J connectivity index is 1.29. The summed E-state index contributed by atoms with van der Waals surface area (Å²) in [6, 6.07) is 4.01. The Hall–Kier alpha value is -1.09. The zero-order valence-corrected chi connectivity index (χ0v) is 12.1. The molecule has 3 heteroatoms. The number of nitrogens with one attached hydrogen (secondary N) is 1. The van der Waals surface area contributed by atoms with Crippen LogP contribution in [-0.4, -0.2) is 23.7 Å². The molecular formula is C17H24N2O. The number of nitrogens with zero attached hydrogens (tertiary/aromatic N) is 1. The minimum Gasteiger partial charge on any atom is -0.381 e. The van der Waals surface area contributed by atoms with E-state index in [0.29, 0.717) is 0 Å². The average molecular weight is 272 g/mol. The summed E-state index contributed by atoms with van der Waals surface area (Å²) in [5.41, 5.74) is 1.33. The summed E-state index contributed by atoms with van der Waals surface area (Å²) in [7, 11) is 0. The summed E-state index contributed by atoms with van der Waals surface area (Å²) in [4.78, 5) is 4.11. The van der Waals surface area contributed by atoms with Crippen molar-refractivity contribution in [1.82, 2.24) is 4.98 Å². The van der Waals surface area contributed by atoms with E-state index in [1.807, 2.05) is 12.3 Å². The predicted molar refractivity (Wildman–Crippen MR) is 79.6 cm³/mol. The second-order valence-electron chi connectivity index (χ2n) is 7.12. The molecular weight excluding hydrogens is 248 g/mol. The van der Waals surface area contributed by atoms with Crippen LogP contribution < -0.4 is 5.32 Å². The highest BCUT2D eigenvalue weighted by molar-refractivity contribution is 5.39. The monoisotopic (exact) mass is 272 g/mol. The molecule has 0 unspecified atom stereocenters. The Labute approximate surface area is 121 Å². The van der Waals surface area contributed by atoms with Gasteiger partial charge in [0, 0.05) is 18.9 Å². The molecule has 0 spiro atoms. The van der Waals surface area contributed by atoms with Gasteiger partial charge in [0.25, 0.3) is 0 Å². The zero-order valence-electron chi connectivity index (χ0n) is 12.1. The van der Waals surface area contributed by atoms with Gasteiger partial charge >= 0.3 is 0 Å².